The first-order chi connectivity index (χ1) is 7.79. The van der Waals surface area contributed by atoms with Crippen LogP contribution in [0.4, 0.5) is 0 Å². The molecule has 2 unspecified atom stereocenters. The normalized spacial score (nSPS) is 32.4. The van der Waals surface area contributed by atoms with Crippen molar-refractivity contribution in [1.82, 2.24) is 10.2 Å². The number of hydrogen-bond acceptors (Lipinski definition) is 3. The minimum absolute atomic E-state index is 0.276. The summed E-state index contributed by atoms with van der Waals surface area (Å²) in [6, 6.07) is 2.55. The largest absolute Gasteiger partial charge is 0.308 e. The number of nitrogens with zero attached hydrogens (tertiary/aromatic N) is 2. The fourth-order valence-electron chi connectivity index (χ4n) is 3.35. The number of nitrogens with one attached hydrogen (secondary N) is 1. The molecule has 0 spiro atoms. The maximum atomic E-state index is 9.53. The number of likely N-dealkylation sites (N-methyl/N-ethyl adjacent to an activating group) is 1. The van der Waals surface area contributed by atoms with Crippen molar-refractivity contribution in [1.29, 1.82) is 5.26 Å². The second-order valence-electron chi connectivity index (χ2n) is 6.78. The van der Waals surface area contributed by atoms with Gasteiger partial charge >= 0.3 is 0 Å². The Bertz CT molecular complexity index is 290. The zero-order chi connectivity index (χ0) is 13.1. The summed E-state index contributed by atoms with van der Waals surface area (Å²) in [5, 5.41) is 13.0. The van der Waals surface area contributed by atoms with E-state index in [1.807, 2.05) is 0 Å². The molecule has 0 aromatic heterocycles. The van der Waals surface area contributed by atoms with E-state index in [0.29, 0.717) is 5.92 Å². The zero-order valence-corrected chi connectivity index (χ0v) is 12.0. The third-order valence-corrected chi connectivity index (χ3v) is 3.61. The van der Waals surface area contributed by atoms with Crippen LogP contribution in [0, 0.1) is 22.7 Å². The molecule has 98 valence electrons. The van der Waals surface area contributed by atoms with Crippen molar-refractivity contribution in [3.63, 3.8) is 0 Å². The molecular formula is C14H27N3. The highest BCUT2D eigenvalue weighted by Gasteiger charge is 2.42. The van der Waals surface area contributed by atoms with Crippen molar-refractivity contribution in [3.8, 4) is 6.07 Å². The number of rotatable bonds is 4. The lowest BCUT2D eigenvalue weighted by Gasteiger charge is -2.44. The molecule has 0 amide bonds. The van der Waals surface area contributed by atoms with Gasteiger partial charge < -0.3 is 4.90 Å². The van der Waals surface area contributed by atoms with Crippen LogP contribution in [0.1, 0.15) is 40.0 Å². The molecule has 0 aromatic carbocycles. The second-order valence-corrected chi connectivity index (χ2v) is 6.78. The molecule has 1 saturated carbocycles. The summed E-state index contributed by atoms with van der Waals surface area (Å²) in [5.41, 5.74) is -0.0321. The Kier molecular flexibility index (Phi) is 4.57. The summed E-state index contributed by atoms with van der Waals surface area (Å²) in [6.07, 6.45) is 3.18. The van der Waals surface area contributed by atoms with Crippen LogP contribution < -0.4 is 5.32 Å². The fourth-order valence-corrected chi connectivity index (χ4v) is 3.35. The van der Waals surface area contributed by atoms with E-state index in [1.54, 1.807) is 0 Å². The standard InChI is InChI=1S/C14H27N3/c1-12-8-13(2,3)10-14(9-12,11-15)16-6-7-17(4)5/h12,16H,6-10H2,1-5H3. The van der Waals surface area contributed by atoms with Crippen molar-refractivity contribution in [2.24, 2.45) is 11.3 Å². The molecule has 0 aromatic rings. The first-order valence-corrected chi connectivity index (χ1v) is 6.60. The molecule has 1 aliphatic rings. The molecule has 17 heavy (non-hydrogen) atoms. The Morgan fingerprint density at radius 3 is 2.47 bits per heavy atom. The number of nitriles is 1. The van der Waals surface area contributed by atoms with Crippen LogP contribution in [0.3, 0.4) is 0 Å². The van der Waals surface area contributed by atoms with Gasteiger partial charge in [0.2, 0.25) is 0 Å². The topological polar surface area (TPSA) is 39.1 Å². The van der Waals surface area contributed by atoms with E-state index in [-0.39, 0.29) is 11.0 Å². The molecule has 0 bridgehead atoms. The first kappa shape index (κ1) is 14.5. The molecule has 3 heteroatoms. The Balaban J connectivity index is 2.64. The van der Waals surface area contributed by atoms with E-state index in [0.717, 1.165) is 25.9 Å². The minimum atomic E-state index is -0.308. The van der Waals surface area contributed by atoms with E-state index >= 15 is 0 Å². The summed E-state index contributed by atoms with van der Waals surface area (Å²) < 4.78 is 0. The minimum Gasteiger partial charge on any atom is -0.308 e. The highest BCUT2D eigenvalue weighted by atomic mass is 15.1. The molecule has 1 rings (SSSR count). The molecule has 0 aliphatic heterocycles. The van der Waals surface area contributed by atoms with E-state index in [2.05, 4.69) is 51.2 Å². The van der Waals surface area contributed by atoms with E-state index in [9.17, 15) is 5.26 Å². The molecule has 2 atom stereocenters. The Morgan fingerprint density at radius 1 is 1.35 bits per heavy atom. The molecule has 0 radical (unpaired) electrons. The Labute approximate surface area is 106 Å². The van der Waals surface area contributed by atoms with Crippen molar-refractivity contribution in [2.75, 3.05) is 27.2 Å². The quantitative estimate of drug-likeness (QED) is 0.815. The molecule has 0 saturated heterocycles. The van der Waals surface area contributed by atoms with Crippen molar-refractivity contribution in [2.45, 2.75) is 45.6 Å². The van der Waals surface area contributed by atoms with Crippen LogP contribution in [0.15, 0.2) is 0 Å². The fraction of sp³-hybridized carbons (Fsp3) is 0.929. The van der Waals surface area contributed by atoms with Gasteiger partial charge in [-0.3, -0.25) is 5.32 Å². The smallest absolute Gasteiger partial charge is 0.107 e. The molecule has 1 N–H and O–H groups in total. The van der Waals surface area contributed by atoms with Gasteiger partial charge in [-0.2, -0.15) is 5.26 Å². The van der Waals surface area contributed by atoms with Crippen LogP contribution in [0.2, 0.25) is 0 Å². The average Bonchev–Trinajstić information content (AvgIpc) is 2.13. The van der Waals surface area contributed by atoms with Gasteiger partial charge in [0, 0.05) is 13.1 Å². The van der Waals surface area contributed by atoms with E-state index in [1.165, 1.54) is 6.42 Å². The van der Waals surface area contributed by atoms with Gasteiger partial charge in [0.25, 0.3) is 0 Å². The van der Waals surface area contributed by atoms with Gasteiger partial charge in [-0.05, 0) is 44.7 Å². The van der Waals surface area contributed by atoms with Gasteiger partial charge in [0.1, 0.15) is 5.54 Å². The highest BCUT2D eigenvalue weighted by molar-refractivity contribution is 5.12. The predicted molar refractivity (Wildman–Crippen MR) is 71.7 cm³/mol. The third kappa shape index (κ3) is 4.29. The van der Waals surface area contributed by atoms with Crippen molar-refractivity contribution in [3.05, 3.63) is 0 Å². The highest BCUT2D eigenvalue weighted by Crippen LogP contribution is 2.43. The van der Waals surface area contributed by atoms with Gasteiger partial charge in [0.15, 0.2) is 0 Å². The van der Waals surface area contributed by atoms with Crippen LogP contribution in [0.5, 0.6) is 0 Å². The lowest BCUT2D eigenvalue weighted by atomic mass is 9.65. The summed E-state index contributed by atoms with van der Waals surface area (Å²) >= 11 is 0. The SMILES string of the molecule is CC1CC(C)(C)CC(C#N)(NCCN(C)C)C1. The lowest BCUT2D eigenvalue weighted by molar-refractivity contribution is 0.114. The van der Waals surface area contributed by atoms with Crippen molar-refractivity contribution >= 4 is 0 Å². The summed E-state index contributed by atoms with van der Waals surface area (Å²) in [6.45, 7) is 8.70. The van der Waals surface area contributed by atoms with Crippen LogP contribution >= 0.6 is 0 Å². The molecule has 1 aliphatic carbocycles. The summed E-state index contributed by atoms with van der Waals surface area (Å²) in [7, 11) is 4.13. The maximum Gasteiger partial charge on any atom is 0.107 e. The monoisotopic (exact) mass is 237 g/mol. The Hall–Kier alpha value is -0.590. The lowest BCUT2D eigenvalue weighted by Crippen LogP contribution is -2.53. The molecular weight excluding hydrogens is 210 g/mol. The van der Waals surface area contributed by atoms with Gasteiger partial charge in [-0.15, -0.1) is 0 Å². The van der Waals surface area contributed by atoms with Crippen LogP contribution in [-0.4, -0.2) is 37.6 Å². The molecule has 3 nitrogen and oxygen atoms in total. The summed E-state index contributed by atoms with van der Waals surface area (Å²) in [4.78, 5) is 2.15. The van der Waals surface area contributed by atoms with Gasteiger partial charge in [0.05, 0.1) is 6.07 Å². The first-order valence-electron chi connectivity index (χ1n) is 6.60. The van der Waals surface area contributed by atoms with Gasteiger partial charge in [-0.25, -0.2) is 0 Å². The van der Waals surface area contributed by atoms with E-state index in [4.69, 9.17) is 0 Å². The molecule has 1 fully saturated rings. The average molecular weight is 237 g/mol. The van der Waals surface area contributed by atoms with Crippen molar-refractivity contribution < 1.29 is 0 Å². The van der Waals surface area contributed by atoms with E-state index < -0.39 is 0 Å². The third-order valence-electron chi connectivity index (χ3n) is 3.61. The maximum absolute atomic E-state index is 9.53. The van der Waals surface area contributed by atoms with Gasteiger partial charge in [-0.1, -0.05) is 20.8 Å². The zero-order valence-electron chi connectivity index (χ0n) is 12.0. The Morgan fingerprint density at radius 2 is 2.00 bits per heavy atom. The number of hydrogen-bond donors (Lipinski definition) is 1. The molecule has 0 heterocycles. The second kappa shape index (κ2) is 5.37. The van der Waals surface area contributed by atoms with Crippen LogP contribution in [-0.2, 0) is 0 Å². The predicted octanol–water partition coefficient (Wildman–Crippen LogP) is 2.25. The summed E-state index contributed by atoms with van der Waals surface area (Å²) in [5.74, 6) is 0.630. The van der Waals surface area contributed by atoms with Crippen LogP contribution in [0.25, 0.3) is 0 Å².